The fourth-order valence-electron chi connectivity index (χ4n) is 5.92. The van der Waals surface area contributed by atoms with Gasteiger partial charge in [0.1, 0.15) is 16.6 Å². The minimum atomic E-state index is -0.544. The highest BCUT2D eigenvalue weighted by Gasteiger charge is 2.30. The molecule has 43 heavy (non-hydrogen) atoms. The third kappa shape index (κ3) is 5.20. The first-order valence-corrected chi connectivity index (χ1v) is 14.6. The molecule has 2 aromatic heterocycles. The van der Waals surface area contributed by atoms with Gasteiger partial charge in [0, 0.05) is 49.7 Å². The maximum absolute atomic E-state index is 12.3. The molecular weight excluding hydrogens is 572 g/mol. The van der Waals surface area contributed by atoms with Crippen molar-refractivity contribution in [3.05, 3.63) is 53.2 Å². The SMILES string of the molecule is CN1C(=O)Cc2cc(Nc3nc(N4CCC(Nc5ccc6c(c5)nnn6C5CCC(=O)NC5=O)CC4)ncc3Cl)ccc21. The minimum absolute atomic E-state index is 0.0745. The van der Waals surface area contributed by atoms with Gasteiger partial charge in [0.2, 0.25) is 17.8 Å². The maximum Gasteiger partial charge on any atom is 0.251 e. The summed E-state index contributed by atoms with van der Waals surface area (Å²) < 4.78 is 1.60. The molecule has 0 spiro atoms. The Hall–Kier alpha value is -4.78. The van der Waals surface area contributed by atoms with E-state index in [0.29, 0.717) is 35.1 Å². The quantitative estimate of drug-likeness (QED) is 0.282. The Bertz CT molecular complexity index is 1770. The van der Waals surface area contributed by atoms with Crippen LogP contribution in [-0.4, -0.2) is 68.9 Å². The van der Waals surface area contributed by atoms with E-state index in [1.807, 2.05) is 36.4 Å². The van der Waals surface area contributed by atoms with Crippen LogP contribution < -0.4 is 25.8 Å². The molecular formula is C29H29ClN10O3. The van der Waals surface area contributed by atoms with Crippen molar-refractivity contribution in [3.63, 3.8) is 0 Å². The lowest BCUT2D eigenvalue weighted by Gasteiger charge is -2.33. The molecule has 2 saturated heterocycles. The summed E-state index contributed by atoms with van der Waals surface area (Å²) >= 11 is 6.44. The van der Waals surface area contributed by atoms with Crippen molar-refractivity contribution in [2.75, 3.05) is 40.6 Å². The molecule has 7 rings (SSSR count). The first-order valence-electron chi connectivity index (χ1n) is 14.2. The van der Waals surface area contributed by atoms with Crippen molar-refractivity contribution in [1.82, 2.24) is 30.3 Å². The molecule has 14 heteroatoms. The van der Waals surface area contributed by atoms with Gasteiger partial charge in [0.15, 0.2) is 5.82 Å². The molecule has 5 heterocycles. The van der Waals surface area contributed by atoms with Crippen LogP contribution in [0.5, 0.6) is 0 Å². The third-order valence-electron chi connectivity index (χ3n) is 8.28. The van der Waals surface area contributed by atoms with Crippen LogP contribution in [0.4, 0.5) is 28.8 Å². The number of hydrogen-bond acceptors (Lipinski definition) is 10. The van der Waals surface area contributed by atoms with E-state index in [1.54, 1.807) is 22.8 Å². The van der Waals surface area contributed by atoms with Gasteiger partial charge in [0.25, 0.3) is 5.91 Å². The number of nitrogens with one attached hydrogen (secondary N) is 3. The number of fused-ring (bicyclic) bond motifs is 2. The first-order chi connectivity index (χ1) is 20.8. The molecule has 13 nitrogen and oxygen atoms in total. The largest absolute Gasteiger partial charge is 0.382 e. The van der Waals surface area contributed by atoms with E-state index in [1.165, 1.54) is 0 Å². The highest BCUT2D eigenvalue weighted by atomic mass is 35.5. The number of likely N-dealkylation sites (N-methyl/N-ethyl adjacent to an activating group) is 1. The van der Waals surface area contributed by atoms with Gasteiger partial charge in [0.05, 0.1) is 18.1 Å². The molecule has 3 amide bonds. The summed E-state index contributed by atoms with van der Waals surface area (Å²) in [4.78, 5) is 48.9. The third-order valence-corrected chi connectivity index (χ3v) is 8.55. The maximum atomic E-state index is 12.3. The van der Waals surface area contributed by atoms with Crippen molar-refractivity contribution in [2.45, 2.75) is 44.2 Å². The van der Waals surface area contributed by atoms with Crippen molar-refractivity contribution in [3.8, 4) is 0 Å². The predicted octanol–water partition coefficient (Wildman–Crippen LogP) is 3.20. The number of amides is 3. The summed E-state index contributed by atoms with van der Waals surface area (Å²) in [6.45, 7) is 1.53. The molecule has 220 valence electrons. The van der Waals surface area contributed by atoms with E-state index >= 15 is 0 Å². The molecule has 0 bridgehead atoms. The predicted molar refractivity (Wildman–Crippen MR) is 162 cm³/mol. The number of carbonyl (C=O) groups is 3. The van der Waals surface area contributed by atoms with Gasteiger partial charge >= 0.3 is 0 Å². The number of benzene rings is 2. The number of imide groups is 1. The zero-order valence-corrected chi connectivity index (χ0v) is 24.1. The second-order valence-electron chi connectivity index (χ2n) is 11.1. The zero-order chi connectivity index (χ0) is 29.7. The van der Waals surface area contributed by atoms with E-state index in [0.717, 1.165) is 54.1 Å². The van der Waals surface area contributed by atoms with Crippen LogP contribution in [0.2, 0.25) is 5.02 Å². The molecule has 2 fully saturated rings. The van der Waals surface area contributed by atoms with Crippen LogP contribution in [0.3, 0.4) is 0 Å². The summed E-state index contributed by atoms with van der Waals surface area (Å²) in [6.07, 6.45) is 4.43. The van der Waals surface area contributed by atoms with Gasteiger partial charge in [-0.25, -0.2) is 9.67 Å². The number of aromatic nitrogens is 5. The van der Waals surface area contributed by atoms with Crippen molar-refractivity contribution in [2.24, 2.45) is 0 Å². The van der Waals surface area contributed by atoms with Crippen LogP contribution in [0.25, 0.3) is 11.0 Å². The average Bonchev–Trinajstić information content (AvgIpc) is 3.54. The summed E-state index contributed by atoms with van der Waals surface area (Å²) in [5.74, 6) is 0.589. The van der Waals surface area contributed by atoms with Crippen LogP contribution in [-0.2, 0) is 20.8 Å². The Morgan fingerprint density at radius 2 is 1.84 bits per heavy atom. The van der Waals surface area contributed by atoms with E-state index < -0.39 is 6.04 Å². The fraction of sp³-hybridized carbons (Fsp3) is 0.345. The highest BCUT2D eigenvalue weighted by Crippen LogP contribution is 2.33. The van der Waals surface area contributed by atoms with Crippen molar-refractivity contribution in [1.29, 1.82) is 0 Å². The van der Waals surface area contributed by atoms with Gasteiger partial charge in [-0.15, -0.1) is 5.10 Å². The van der Waals surface area contributed by atoms with Gasteiger partial charge in [-0.2, -0.15) is 4.98 Å². The number of nitrogens with zero attached hydrogens (tertiary/aromatic N) is 7. The average molecular weight is 601 g/mol. The minimum Gasteiger partial charge on any atom is -0.382 e. The second kappa shape index (κ2) is 10.8. The van der Waals surface area contributed by atoms with Gasteiger partial charge in [-0.3, -0.25) is 19.7 Å². The Labute approximate surface area is 251 Å². The summed E-state index contributed by atoms with van der Waals surface area (Å²) in [5, 5.41) is 18.2. The van der Waals surface area contributed by atoms with Crippen molar-refractivity contribution >= 4 is 69.2 Å². The number of rotatable bonds is 6. The number of piperidine rings is 2. The van der Waals surface area contributed by atoms with E-state index in [2.05, 4.69) is 36.1 Å². The van der Waals surface area contributed by atoms with E-state index in [4.69, 9.17) is 16.6 Å². The van der Waals surface area contributed by atoms with Crippen LogP contribution in [0.1, 0.15) is 37.3 Å². The fourth-order valence-corrected chi connectivity index (χ4v) is 6.06. The molecule has 1 unspecified atom stereocenters. The second-order valence-corrected chi connectivity index (χ2v) is 11.5. The summed E-state index contributed by atoms with van der Waals surface area (Å²) in [5.41, 5.74) is 5.06. The molecule has 1 atom stereocenters. The Kier molecular flexibility index (Phi) is 6.80. The molecule has 3 aliphatic rings. The monoisotopic (exact) mass is 600 g/mol. The summed E-state index contributed by atoms with van der Waals surface area (Å²) in [6, 6.07) is 11.3. The van der Waals surface area contributed by atoms with E-state index in [9.17, 15) is 14.4 Å². The molecule has 3 aliphatic heterocycles. The smallest absolute Gasteiger partial charge is 0.251 e. The first kappa shape index (κ1) is 27.1. The lowest BCUT2D eigenvalue weighted by atomic mass is 10.0. The Morgan fingerprint density at radius 1 is 1.02 bits per heavy atom. The summed E-state index contributed by atoms with van der Waals surface area (Å²) in [7, 11) is 1.78. The topological polar surface area (TPSA) is 150 Å². The van der Waals surface area contributed by atoms with Crippen molar-refractivity contribution < 1.29 is 14.4 Å². The van der Waals surface area contributed by atoms with Crippen LogP contribution in [0.15, 0.2) is 42.6 Å². The molecule has 3 N–H and O–H groups in total. The normalized spacial score (nSPS) is 19.1. The van der Waals surface area contributed by atoms with Gasteiger partial charge in [-0.1, -0.05) is 16.8 Å². The number of halogens is 1. The van der Waals surface area contributed by atoms with E-state index in [-0.39, 0.29) is 30.2 Å². The highest BCUT2D eigenvalue weighted by molar-refractivity contribution is 6.32. The molecule has 4 aromatic rings. The number of carbonyl (C=O) groups excluding carboxylic acids is 3. The number of hydrogen-bond donors (Lipinski definition) is 3. The standard InChI is InChI=1S/C29H29ClN10O3/c1-38-22-4-2-18(12-16(22)13-26(38)42)33-27-20(30)15-31-29(35-27)39-10-8-17(9-11-39)32-19-3-5-23-21(14-19)36-37-40(23)24-6-7-25(41)34-28(24)43/h2-5,12,14-15,17,24,32H,6-11,13H2,1H3,(H,31,33,35)(H,34,41,43). The lowest BCUT2D eigenvalue weighted by molar-refractivity contribution is -0.136. The van der Waals surface area contributed by atoms with Crippen LogP contribution in [0, 0.1) is 0 Å². The molecule has 0 radical (unpaired) electrons. The lowest BCUT2D eigenvalue weighted by Crippen LogP contribution is -2.42. The number of anilines is 5. The molecule has 0 saturated carbocycles. The zero-order valence-electron chi connectivity index (χ0n) is 23.4. The molecule has 2 aromatic carbocycles. The van der Waals surface area contributed by atoms with Gasteiger partial charge in [-0.05, 0) is 61.2 Å². The molecule has 0 aliphatic carbocycles. The van der Waals surface area contributed by atoms with Crippen LogP contribution >= 0.6 is 11.6 Å². The Morgan fingerprint density at radius 3 is 2.65 bits per heavy atom. The van der Waals surface area contributed by atoms with Gasteiger partial charge < -0.3 is 20.4 Å². The Balaban J connectivity index is 0.984.